The molecule has 1 saturated heterocycles. The van der Waals surface area contributed by atoms with Gasteiger partial charge in [0.25, 0.3) is 5.91 Å². The fourth-order valence-electron chi connectivity index (χ4n) is 1.90. The molecule has 1 heterocycles. The molecule has 2 amide bonds. The summed E-state index contributed by atoms with van der Waals surface area (Å²) in [6.45, 7) is 7.57. The highest BCUT2D eigenvalue weighted by atomic mass is 16.3. The van der Waals surface area contributed by atoms with E-state index < -0.39 is 6.10 Å². The molecular weight excluding hydrogens is 220 g/mol. The molecule has 0 aromatic rings. The van der Waals surface area contributed by atoms with Crippen LogP contribution in [-0.2, 0) is 9.59 Å². The molecule has 0 unspecified atom stereocenters. The Kier molecular flexibility index (Phi) is 4.93. The molecule has 17 heavy (non-hydrogen) atoms. The average molecular weight is 242 g/mol. The van der Waals surface area contributed by atoms with E-state index >= 15 is 0 Å². The summed E-state index contributed by atoms with van der Waals surface area (Å²) in [5.41, 5.74) is 0. The number of aliphatic hydroxyl groups excluding tert-OH is 1. The fourth-order valence-corrected chi connectivity index (χ4v) is 1.90. The first-order valence-electron chi connectivity index (χ1n) is 6.23. The van der Waals surface area contributed by atoms with E-state index in [0.717, 1.165) is 6.42 Å². The number of hydrogen-bond acceptors (Lipinski definition) is 3. The SMILES string of the molecule is CC[C@H](C)C(=O)N1CCN(C(=O)[C@H](C)O)CC1. The minimum absolute atomic E-state index is 0.0500. The van der Waals surface area contributed by atoms with Crippen LogP contribution in [0.2, 0.25) is 0 Å². The molecule has 1 aliphatic rings. The van der Waals surface area contributed by atoms with E-state index in [1.54, 1.807) is 9.80 Å². The lowest BCUT2D eigenvalue weighted by Crippen LogP contribution is -2.53. The van der Waals surface area contributed by atoms with Gasteiger partial charge in [0.1, 0.15) is 6.10 Å². The number of hydrogen-bond donors (Lipinski definition) is 1. The molecule has 1 rings (SSSR count). The first-order chi connectivity index (χ1) is 7.97. The van der Waals surface area contributed by atoms with Crippen molar-refractivity contribution in [3.8, 4) is 0 Å². The summed E-state index contributed by atoms with van der Waals surface area (Å²) in [7, 11) is 0. The van der Waals surface area contributed by atoms with Gasteiger partial charge in [-0.1, -0.05) is 13.8 Å². The fraction of sp³-hybridized carbons (Fsp3) is 0.833. The van der Waals surface area contributed by atoms with Crippen LogP contribution in [0, 0.1) is 5.92 Å². The molecule has 1 fully saturated rings. The highest BCUT2D eigenvalue weighted by Crippen LogP contribution is 2.10. The third kappa shape index (κ3) is 3.43. The molecular formula is C12H22N2O3. The van der Waals surface area contributed by atoms with Gasteiger partial charge in [-0.25, -0.2) is 0 Å². The second kappa shape index (κ2) is 6.00. The van der Waals surface area contributed by atoms with E-state index in [4.69, 9.17) is 0 Å². The minimum atomic E-state index is -0.952. The Hall–Kier alpha value is -1.10. The van der Waals surface area contributed by atoms with Crippen molar-refractivity contribution in [2.45, 2.75) is 33.3 Å². The van der Waals surface area contributed by atoms with Crippen LogP contribution in [0.4, 0.5) is 0 Å². The van der Waals surface area contributed by atoms with Gasteiger partial charge in [0.2, 0.25) is 5.91 Å². The van der Waals surface area contributed by atoms with Crippen molar-refractivity contribution in [1.29, 1.82) is 0 Å². The lowest BCUT2D eigenvalue weighted by Gasteiger charge is -2.36. The summed E-state index contributed by atoms with van der Waals surface area (Å²) in [4.78, 5) is 26.9. The molecule has 0 bridgehead atoms. The average Bonchev–Trinajstić information content (AvgIpc) is 2.36. The van der Waals surface area contributed by atoms with Crippen molar-refractivity contribution in [1.82, 2.24) is 9.80 Å². The molecule has 1 N–H and O–H groups in total. The summed E-state index contributed by atoms with van der Waals surface area (Å²) in [5, 5.41) is 9.20. The van der Waals surface area contributed by atoms with Gasteiger partial charge >= 0.3 is 0 Å². The van der Waals surface area contributed by atoms with E-state index in [9.17, 15) is 14.7 Å². The molecule has 98 valence electrons. The van der Waals surface area contributed by atoms with Crippen LogP contribution in [0.3, 0.4) is 0 Å². The van der Waals surface area contributed by atoms with E-state index in [0.29, 0.717) is 26.2 Å². The molecule has 0 spiro atoms. The summed E-state index contributed by atoms with van der Waals surface area (Å²) >= 11 is 0. The van der Waals surface area contributed by atoms with Crippen molar-refractivity contribution in [2.24, 2.45) is 5.92 Å². The number of aliphatic hydroxyl groups is 1. The molecule has 0 aliphatic carbocycles. The van der Waals surface area contributed by atoms with Crippen LogP contribution in [0.1, 0.15) is 27.2 Å². The minimum Gasteiger partial charge on any atom is -0.384 e. The molecule has 0 aromatic carbocycles. The van der Waals surface area contributed by atoms with E-state index in [2.05, 4.69) is 0 Å². The zero-order valence-electron chi connectivity index (χ0n) is 10.8. The number of nitrogens with zero attached hydrogens (tertiary/aromatic N) is 2. The largest absolute Gasteiger partial charge is 0.384 e. The summed E-state index contributed by atoms with van der Waals surface area (Å²) in [6, 6.07) is 0. The van der Waals surface area contributed by atoms with Crippen LogP contribution < -0.4 is 0 Å². The van der Waals surface area contributed by atoms with Gasteiger partial charge in [-0.2, -0.15) is 0 Å². The topological polar surface area (TPSA) is 60.9 Å². The number of carbonyl (C=O) groups is 2. The predicted molar refractivity (Wildman–Crippen MR) is 64.3 cm³/mol. The Balaban J connectivity index is 2.46. The Morgan fingerprint density at radius 2 is 1.47 bits per heavy atom. The number of piperazine rings is 1. The molecule has 1 aliphatic heterocycles. The maximum absolute atomic E-state index is 11.9. The number of rotatable bonds is 3. The maximum Gasteiger partial charge on any atom is 0.251 e. The van der Waals surface area contributed by atoms with Crippen molar-refractivity contribution in [3.05, 3.63) is 0 Å². The predicted octanol–water partition coefficient (Wildman–Crippen LogP) is 0.0841. The Labute approximate surface area is 102 Å². The Morgan fingerprint density at radius 3 is 1.82 bits per heavy atom. The molecule has 5 nitrogen and oxygen atoms in total. The van der Waals surface area contributed by atoms with Gasteiger partial charge in [-0.15, -0.1) is 0 Å². The van der Waals surface area contributed by atoms with Crippen LogP contribution in [-0.4, -0.2) is 59.0 Å². The zero-order chi connectivity index (χ0) is 13.0. The molecule has 0 saturated carbocycles. The molecule has 5 heteroatoms. The third-order valence-corrected chi connectivity index (χ3v) is 3.29. The first-order valence-corrected chi connectivity index (χ1v) is 6.23. The van der Waals surface area contributed by atoms with Crippen LogP contribution in [0.15, 0.2) is 0 Å². The maximum atomic E-state index is 11.9. The van der Waals surface area contributed by atoms with Gasteiger partial charge in [-0.05, 0) is 13.3 Å². The summed E-state index contributed by atoms with van der Waals surface area (Å²) in [5.74, 6) is -0.0358. The smallest absolute Gasteiger partial charge is 0.251 e. The monoisotopic (exact) mass is 242 g/mol. The Morgan fingerprint density at radius 1 is 1.06 bits per heavy atom. The van der Waals surface area contributed by atoms with Crippen LogP contribution >= 0.6 is 0 Å². The van der Waals surface area contributed by atoms with E-state index in [1.165, 1.54) is 6.92 Å². The van der Waals surface area contributed by atoms with Crippen LogP contribution in [0.25, 0.3) is 0 Å². The quantitative estimate of drug-likeness (QED) is 0.762. The van der Waals surface area contributed by atoms with Gasteiger partial charge in [-0.3, -0.25) is 9.59 Å². The molecule has 2 atom stereocenters. The standard InChI is InChI=1S/C12H22N2O3/c1-4-9(2)11(16)13-5-7-14(8-6-13)12(17)10(3)15/h9-10,15H,4-8H2,1-3H3/t9-,10-/m0/s1. The second-order valence-electron chi connectivity index (χ2n) is 4.64. The molecule has 0 aromatic heterocycles. The van der Waals surface area contributed by atoms with Gasteiger partial charge in [0.05, 0.1) is 0 Å². The second-order valence-corrected chi connectivity index (χ2v) is 4.64. The highest BCUT2D eigenvalue weighted by molar-refractivity contribution is 5.81. The summed E-state index contributed by atoms with van der Waals surface area (Å²) in [6.07, 6.45) is -0.113. The molecule has 0 radical (unpaired) electrons. The zero-order valence-corrected chi connectivity index (χ0v) is 10.8. The number of amides is 2. The Bertz CT molecular complexity index is 283. The van der Waals surface area contributed by atoms with Crippen molar-refractivity contribution in [2.75, 3.05) is 26.2 Å². The normalized spacial score (nSPS) is 20.0. The van der Waals surface area contributed by atoms with Crippen molar-refractivity contribution < 1.29 is 14.7 Å². The van der Waals surface area contributed by atoms with E-state index in [-0.39, 0.29) is 17.7 Å². The lowest BCUT2D eigenvalue weighted by atomic mass is 10.1. The van der Waals surface area contributed by atoms with Crippen LogP contribution in [0.5, 0.6) is 0 Å². The highest BCUT2D eigenvalue weighted by Gasteiger charge is 2.27. The van der Waals surface area contributed by atoms with Gasteiger partial charge in [0.15, 0.2) is 0 Å². The van der Waals surface area contributed by atoms with Gasteiger partial charge < -0.3 is 14.9 Å². The third-order valence-electron chi connectivity index (χ3n) is 3.29. The van der Waals surface area contributed by atoms with E-state index in [1.807, 2.05) is 13.8 Å². The number of carbonyl (C=O) groups excluding carboxylic acids is 2. The lowest BCUT2D eigenvalue weighted by molar-refractivity contribution is -0.146. The van der Waals surface area contributed by atoms with Crippen molar-refractivity contribution >= 4 is 11.8 Å². The first kappa shape index (κ1) is 14.0. The summed E-state index contributed by atoms with van der Waals surface area (Å²) < 4.78 is 0. The van der Waals surface area contributed by atoms with Crippen molar-refractivity contribution in [3.63, 3.8) is 0 Å². The van der Waals surface area contributed by atoms with Gasteiger partial charge in [0, 0.05) is 32.1 Å².